The number of carbonyl (C=O) groups excluding carboxylic acids is 1. The molecule has 1 aromatic heterocycles. The molecule has 1 atom stereocenters. The molecule has 10 heteroatoms. The van der Waals surface area contributed by atoms with E-state index >= 15 is 0 Å². The van der Waals surface area contributed by atoms with Gasteiger partial charge < -0.3 is 10.0 Å². The van der Waals surface area contributed by atoms with Gasteiger partial charge in [0, 0.05) is 17.2 Å². The Balaban J connectivity index is 2.31. The Kier molecular flexibility index (Phi) is 6.67. The third-order valence-corrected chi connectivity index (χ3v) is 4.28. The molecular weight excluding hydrogens is 404 g/mol. The van der Waals surface area contributed by atoms with Gasteiger partial charge in [0.15, 0.2) is 5.82 Å². The van der Waals surface area contributed by atoms with Crippen molar-refractivity contribution < 1.29 is 14.7 Å². The van der Waals surface area contributed by atoms with Crippen LogP contribution in [0.25, 0.3) is 0 Å². The van der Waals surface area contributed by atoms with E-state index in [4.69, 9.17) is 0 Å². The Morgan fingerprint density at radius 2 is 1.92 bits per heavy atom. The Morgan fingerprint density at radius 3 is 2.42 bits per heavy atom. The SMILES string of the molecule is CC(C)C[C@@H](C(=O)N(C)Cc1nnn[nH]1)N(C(=O)O)c1ccc(Br)cc1. The molecule has 0 bridgehead atoms. The smallest absolute Gasteiger partial charge is 0.412 e. The fourth-order valence-electron chi connectivity index (χ4n) is 2.59. The number of hydrogen-bond acceptors (Lipinski definition) is 5. The van der Waals surface area contributed by atoms with Crippen LogP contribution in [0.15, 0.2) is 28.7 Å². The molecule has 0 spiro atoms. The molecule has 2 aromatic rings. The van der Waals surface area contributed by atoms with E-state index in [-0.39, 0.29) is 18.4 Å². The number of rotatable bonds is 7. The van der Waals surface area contributed by atoms with Crippen LogP contribution in [0.5, 0.6) is 0 Å². The highest BCUT2D eigenvalue weighted by Gasteiger charge is 2.33. The lowest BCUT2D eigenvalue weighted by Gasteiger charge is -2.32. The third-order valence-electron chi connectivity index (χ3n) is 3.75. The molecule has 0 saturated heterocycles. The topological polar surface area (TPSA) is 115 Å². The van der Waals surface area contributed by atoms with Gasteiger partial charge in [0.1, 0.15) is 6.04 Å². The van der Waals surface area contributed by atoms with Crippen LogP contribution >= 0.6 is 15.9 Å². The fraction of sp³-hybridized carbons (Fsp3) is 0.438. The van der Waals surface area contributed by atoms with E-state index in [0.717, 1.165) is 9.37 Å². The molecule has 0 aliphatic carbocycles. The summed E-state index contributed by atoms with van der Waals surface area (Å²) in [4.78, 5) is 27.5. The lowest BCUT2D eigenvalue weighted by atomic mass is 10.0. The number of halogens is 1. The summed E-state index contributed by atoms with van der Waals surface area (Å²) in [5, 5.41) is 23.1. The van der Waals surface area contributed by atoms with Gasteiger partial charge in [-0.15, -0.1) is 5.10 Å². The number of likely N-dealkylation sites (N-methyl/N-ethyl adjacent to an activating group) is 1. The Labute approximate surface area is 159 Å². The van der Waals surface area contributed by atoms with Crippen LogP contribution < -0.4 is 4.90 Å². The predicted molar refractivity (Wildman–Crippen MR) is 98.5 cm³/mol. The van der Waals surface area contributed by atoms with E-state index in [1.807, 2.05) is 13.8 Å². The van der Waals surface area contributed by atoms with E-state index in [0.29, 0.717) is 17.9 Å². The molecule has 26 heavy (non-hydrogen) atoms. The van der Waals surface area contributed by atoms with Crippen LogP contribution in [0.2, 0.25) is 0 Å². The van der Waals surface area contributed by atoms with Crippen molar-refractivity contribution >= 4 is 33.6 Å². The van der Waals surface area contributed by atoms with Gasteiger partial charge >= 0.3 is 6.09 Å². The van der Waals surface area contributed by atoms with Crippen molar-refractivity contribution in [3.63, 3.8) is 0 Å². The zero-order valence-corrected chi connectivity index (χ0v) is 16.3. The zero-order chi connectivity index (χ0) is 19.3. The second-order valence-corrected chi connectivity index (χ2v) is 7.23. The summed E-state index contributed by atoms with van der Waals surface area (Å²) >= 11 is 3.33. The molecule has 2 rings (SSSR count). The number of carbonyl (C=O) groups is 2. The molecule has 9 nitrogen and oxygen atoms in total. The molecule has 0 aliphatic heterocycles. The molecule has 2 N–H and O–H groups in total. The number of anilines is 1. The standard InChI is InChI=1S/C16H21BrN6O3/c1-10(2)8-13(15(24)22(3)9-14-18-20-21-19-14)23(16(25)26)12-6-4-11(17)5-7-12/h4-7,10,13H,8-9H2,1-3H3,(H,25,26)(H,18,19,20,21)/t13-/m0/s1. The number of tetrazole rings is 1. The minimum Gasteiger partial charge on any atom is -0.465 e. The van der Waals surface area contributed by atoms with Crippen LogP contribution in [0, 0.1) is 5.92 Å². The molecule has 0 fully saturated rings. The molecule has 0 radical (unpaired) electrons. The monoisotopic (exact) mass is 424 g/mol. The van der Waals surface area contributed by atoms with E-state index < -0.39 is 12.1 Å². The minimum absolute atomic E-state index is 0.126. The second-order valence-electron chi connectivity index (χ2n) is 6.32. The fourth-order valence-corrected chi connectivity index (χ4v) is 2.86. The van der Waals surface area contributed by atoms with Gasteiger partial charge in [0.05, 0.1) is 6.54 Å². The van der Waals surface area contributed by atoms with Crippen LogP contribution in [0.4, 0.5) is 10.5 Å². The summed E-state index contributed by atoms with van der Waals surface area (Å²) < 4.78 is 0.827. The first kappa shape index (κ1) is 19.8. The second kappa shape index (κ2) is 8.75. The number of benzene rings is 1. The van der Waals surface area contributed by atoms with E-state index in [1.54, 1.807) is 31.3 Å². The molecule has 1 aromatic carbocycles. The first-order chi connectivity index (χ1) is 12.3. The van der Waals surface area contributed by atoms with Crippen LogP contribution in [-0.2, 0) is 11.3 Å². The summed E-state index contributed by atoms with van der Waals surface area (Å²) in [6.07, 6.45) is -0.790. The average molecular weight is 425 g/mol. The summed E-state index contributed by atoms with van der Waals surface area (Å²) in [6.45, 7) is 4.05. The quantitative estimate of drug-likeness (QED) is 0.705. The average Bonchev–Trinajstić information content (AvgIpc) is 3.07. The summed E-state index contributed by atoms with van der Waals surface area (Å²) in [5.41, 5.74) is 0.439. The van der Waals surface area contributed by atoms with Crippen molar-refractivity contribution in [2.45, 2.75) is 32.9 Å². The Morgan fingerprint density at radius 1 is 1.27 bits per heavy atom. The number of carboxylic acid groups (broad SMARTS) is 1. The van der Waals surface area contributed by atoms with Crippen molar-refractivity contribution in [3.05, 3.63) is 34.6 Å². The molecule has 0 aliphatic rings. The summed E-state index contributed by atoms with van der Waals surface area (Å²) in [6, 6.07) is 5.96. The maximum Gasteiger partial charge on any atom is 0.412 e. The van der Waals surface area contributed by atoms with Crippen molar-refractivity contribution in [3.8, 4) is 0 Å². The highest BCUT2D eigenvalue weighted by atomic mass is 79.9. The first-order valence-corrected chi connectivity index (χ1v) is 8.84. The normalized spacial score (nSPS) is 12.0. The van der Waals surface area contributed by atoms with Gasteiger partial charge in [0.25, 0.3) is 0 Å². The molecule has 0 unspecified atom stereocenters. The van der Waals surface area contributed by atoms with Crippen molar-refractivity contribution in [1.29, 1.82) is 0 Å². The first-order valence-electron chi connectivity index (χ1n) is 8.05. The Hall–Kier alpha value is -2.49. The molecule has 140 valence electrons. The van der Waals surface area contributed by atoms with Crippen LogP contribution in [0.1, 0.15) is 26.1 Å². The van der Waals surface area contributed by atoms with E-state index in [1.165, 1.54) is 4.90 Å². The highest BCUT2D eigenvalue weighted by molar-refractivity contribution is 9.10. The van der Waals surface area contributed by atoms with Crippen molar-refractivity contribution in [2.24, 2.45) is 5.92 Å². The largest absolute Gasteiger partial charge is 0.465 e. The predicted octanol–water partition coefficient (Wildman–Crippen LogP) is 2.52. The van der Waals surface area contributed by atoms with Crippen LogP contribution in [0.3, 0.4) is 0 Å². The van der Waals surface area contributed by atoms with Gasteiger partial charge in [-0.25, -0.2) is 9.89 Å². The maximum absolute atomic E-state index is 13.0. The lowest BCUT2D eigenvalue weighted by Crippen LogP contribution is -2.50. The minimum atomic E-state index is -1.18. The van der Waals surface area contributed by atoms with Crippen LogP contribution in [-0.4, -0.2) is 55.7 Å². The zero-order valence-electron chi connectivity index (χ0n) is 14.8. The molecule has 2 amide bonds. The van der Waals surface area contributed by atoms with Gasteiger partial charge in [0.2, 0.25) is 5.91 Å². The third kappa shape index (κ3) is 5.01. The summed E-state index contributed by atoms with van der Waals surface area (Å²) in [7, 11) is 1.60. The molecular formula is C16H21BrN6O3. The number of nitrogens with zero attached hydrogens (tertiary/aromatic N) is 5. The Bertz CT molecular complexity index is 735. The van der Waals surface area contributed by atoms with E-state index in [9.17, 15) is 14.7 Å². The van der Waals surface area contributed by atoms with Gasteiger partial charge in [-0.05, 0) is 47.0 Å². The van der Waals surface area contributed by atoms with Crippen molar-refractivity contribution in [1.82, 2.24) is 25.5 Å². The summed E-state index contributed by atoms with van der Waals surface area (Å²) in [5.74, 6) is 0.233. The number of nitrogens with one attached hydrogen (secondary N) is 1. The lowest BCUT2D eigenvalue weighted by molar-refractivity contribution is -0.132. The number of H-pyrrole nitrogens is 1. The number of hydrogen-bond donors (Lipinski definition) is 2. The van der Waals surface area contributed by atoms with Crippen molar-refractivity contribution in [2.75, 3.05) is 11.9 Å². The van der Waals surface area contributed by atoms with Gasteiger partial charge in [-0.1, -0.05) is 29.8 Å². The molecule has 1 heterocycles. The number of amides is 2. The van der Waals surface area contributed by atoms with Gasteiger partial charge in [-0.3, -0.25) is 9.69 Å². The molecule has 0 saturated carbocycles. The number of aromatic nitrogens is 4. The van der Waals surface area contributed by atoms with E-state index in [2.05, 4.69) is 36.6 Å². The highest BCUT2D eigenvalue weighted by Crippen LogP contribution is 2.25. The maximum atomic E-state index is 13.0. The van der Waals surface area contributed by atoms with Gasteiger partial charge in [-0.2, -0.15) is 0 Å². The number of aromatic amines is 1.